The SMILES string of the molecule is O=S(=O)(Cc1ccc(Cl)cc1)NCC#CCOc1cccc(C(F)(F)F)c1. The van der Waals surface area contributed by atoms with Gasteiger partial charge in [0.1, 0.15) is 12.4 Å². The number of rotatable bonds is 6. The molecule has 27 heavy (non-hydrogen) atoms. The highest BCUT2D eigenvalue weighted by Gasteiger charge is 2.30. The Hall–Kier alpha value is -2.21. The average Bonchev–Trinajstić information content (AvgIpc) is 2.59. The molecule has 0 amide bonds. The van der Waals surface area contributed by atoms with Crippen molar-refractivity contribution >= 4 is 21.6 Å². The Balaban J connectivity index is 1.79. The van der Waals surface area contributed by atoms with E-state index < -0.39 is 21.8 Å². The van der Waals surface area contributed by atoms with Crippen molar-refractivity contribution in [3.8, 4) is 17.6 Å². The van der Waals surface area contributed by atoms with Gasteiger partial charge in [0.25, 0.3) is 0 Å². The summed E-state index contributed by atoms with van der Waals surface area (Å²) in [6.07, 6.45) is -4.45. The van der Waals surface area contributed by atoms with Crippen molar-refractivity contribution < 1.29 is 26.3 Å². The van der Waals surface area contributed by atoms with Gasteiger partial charge in [-0.05, 0) is 35.9 Å². The molecule has 0 heterocycles. The Labute approximate surface area is 160 Å². The standard InChI is InChI=1S/C18H15ClF3NO3S/c19-16-8-6-14(7-9-16)13-27(24,25)23-10-1-2-11-26-17-5-3-4-15(12-17)18(20,21)22/h3-9,12,23H,10-11,13H2. The maximum Gasteiger partial charge on any atom is 0.416 e. The third kappa shape index (κ3) is 7.51. The van der Waals surface area contributed by atoms with Crippen LogP contribution in [-0.4, -0.2) is 21.6 Å². The summed E-state index contributed by atoms with van der Waals surface area (Å²) in [5.74, 6) is 4.90. The zero-order chi connectivity index (χ0) is 19.9. The molecule has 0 spiro atoms. The molecular weight excluding hydrogens is 403 g/mol. The van der Waals surface area contributed by atoms with E-state index in [1.165, 1.54) is 12.1 Å². The summed E-state index contributed by atoms with van der Waals surface area (Å²) in [5.41, 5.74) is -0.240. The Kier molecular flexibility index (Phi) is 7.13. The van der Waals surface area contributed by atoms with Gasteiger partial charge in [0.2, 0.25) is 10.0 Å². The van der Waals surface area contributed by atoms with Gasteiger partial charge in [0, 0.05) is 5.02 Å². The number of nitrogens with one attached hydrogen (secondary N) is 1. The molecule has 0 radical (unpaired) electrons. The van der Waals surface area contributed by atoms with Crippen LogP contribution in [0.3, 0.4) is 0 Å². The van der Waals surface area contributed by atoms with E-state index in [1.54, 1.807) is 24.3 Å². The molecule has 0 bridgehead atoms. The number of benzene rings is 2. The van der Waals surface area contributed by atoms with E-state index in [1.807, 2.05) is 0 Å². The summed E-state index contributed by atoms with van der Waals surface area (Å²) >= 11 is 5.74. The van der Waals surface area contributed by atoms with Crippen LogP contribution in [-0.2, 0) is 22.0 Å². The Morgan fingerprint density at radius 1 is 1.07 bits per heavy atom. The second-order valence-electron chi connectivity index (χ2n) is 5.37. The number of alkyl halides is 3. The minimum atomic E-state index is -4.45. The lowest BCUT2D eigenvalue weighted by Gasteiger charge is -2.08. The highest BCUT2D eigenvalue weighted by Crippen LogP contribution is 2.31. The molecule has 0 atom stereocenters. The van der Waals surface area contributed by atoms with Gasteiger partial charge in [0.15, 0.2) is 0 Å². The van der Waals surface area contributed by atoms with Crippen LogP contribution in [0.1, 0.15) is 11.1 Å². The van der Waals surface area contributed by atoms with E-state index in [9.17, 15) is 21.6 Å². The molecule has 144 valence electrons. The van der Waals surface area contributed by atoms with Crippen LogP contribution >= 0.6 is 11.6 Å². The van der Waals surface area contributed by atoms with Gasteiger partial charge in [-0.1, -0.05) is 41.6 Å². The summed E-state index contributed by atoms with van der Waals surface area (Å²) in [6.45, 7) is -0.303. The normalized spacial score (nSPS) is 11.6. The molecule has 0 aromatic heterocycles. The van der Waals surface area contributed by atoms with E-state index in [4.69, 9.17) is 16.3 Å². The number of halogens is 4. The quantitative estimate of drug-likeness (QED) is 0.726. The van der Waals surface area contributed by atoms with Gasteiger partial charge in [0.05, 0.1) is 17.9 Å². The van der Waals surface area contributed by atoms with Gasteiger partial charge in [-0.15, -0.1) is 0 Å². The Morgan fingerprint density at radius 3 is 2.44 bits per heavy atom. The molecule has 0 aliphatic heterocycles. The van der Waals surface area contributed by atoms with Crippen LogP contribution in [0.25, 0.3) is 0 Å². The fourth-order valence-corrected chi connectivity index (χ4v) is 3.14. The summed E-state index contributed by atoms with van der Waals surface area (Å²) < 4.78 is 69.0. The Morgan fingerprint density at radius 2 is 1.78 bits per heavy atom. The molecule has 0 aliphatic rings. The van der Waals surface area contributed by atoms with Crippen LogP contribution in [0.15, 0.2) is 48.5 Å². The number of sulfonamides is 1. The zero-order valence-electron chi connectivity index (χ0n) is 13.9. The van der Waals surface area contributed by atoms with Crippen molar-refractivity contribution in [3.05, 3.63) is 64.7 Å². The van der Waals surface area contributed by atoms with Crippen molar-refractivity contribution in [1.82, 2.24) is 4.72 Å². The summed E-state index contributed by atoms with van der Waals surface area (Å²) in [4.78, 5) is 0. The first-order chi connectivity index (χ1) is 12.7. The van der Waals surface area contributed by atoms with E-state index in [0.29, 0.717) is 10.6 Å². The predicted octanol–water partition coefficient (Wildman–Crippen LogP) is 3.86. The minimum absolute atomic E-state index is 0.0300. The van der Waals surface area contributed by atoms with Gasteiger partial charge >= 0.3 is 6.18 Å². The Bertz CT molecular complexity index is 933. The van der Waals surface area contributed by atoms with Crippen LogP contribution in [0.2, 0.25) is 5.02 Å². The fraction of sp³-hybridized carbons (Fsp3) is 0.222. The number of hydrogen-bond donors (Lipinski definition) is 1. The molecule has 1 N–H and O–H groups in total. The molecule has 0 aliphatic carbocycles. The van der Waals surface area contributed by atoms with Gasteiger partial charge in [-0.3, -0.25) is 0 Å². The second kappa shape index (κ2) is 9.13. The lowest BCUT2D eigenvalue weighted by molar-refractivity contribution is -0.137. The molecule has 2 aromatic carbocycles. The highest BCUT2D eigenvalue weighted by molar-refractivity contribution is 7.88. The average molecular weight is 418 g/mol. The molecule has 4 nitrogen and oxygen atoms in total. The second-order valence-corrected chi connectivity index (χ2v) is 7.62. The summed E-state index contributed by atoms with van der Waals surface area (Å²) in [5, 5.41) is 0.510. The first-order valence-electron chi connectivity index (χ1n) is 7.63. The molecule has 9 heteroatoms. The van der Waals surface area contributed by atoms with Crippen molar-refractivity contribution in [3.63, 3.8) is 0 Å². The maximum absolute atomic E-state index is 12.6. The molecule has 0 fully saturated rings. The van der Waals surface area contributed by atoms with Gasteiger partial charge in [-0.25, -0.2) is 13.1 Å². The highest BCUT2D eigenvalue weighted by atomic mass is 35.5. The molecule has 0 unspecified atom stereocenters. The fourth-order valence-electron chi connectivity index (χ4n) is 1.99. The van der Waals surface area contributed by atoms with Crippen LogP contribution in [0.4, 0.5) is 13.2 Å². The lowest BCUT2D eigenvalue weighted by Crippen LogP contribution is -2.25. The third-order valence-electron chi connectivity index (χ3n) is 3.25. The van der Waals surface area contributed by atoms with E-state index >= 15 is 0 Å². The summed E-state index contributed by atoms with van der Waals surface area (Å²) in [6, 6.07) is 10.8. The van der Waals surface area contributed by atoms with Crippen LogP contribution < -0.4 is 9.46 Å². The monoisotopic (exact) mass is 417 g/mol. The van der Waals surface area contributed by atoms with Crippen molar-refractivity contribution in [2.45, 2.75) is 11.9 Å². The number of hydrogen-bond acceptors (Lipinski definition) is 3. The maximum atomic E-state index is 12.6. The lowest BCUT2D eigenvalue weighted by atomic mass is 10.2. The van der Waals surface area contributed by atoms with E-state index in [0.717, 1.165) is 12.1 Å². The van der Waals surface area contributed by atoms with Crippen molar-refractivity contribution in [2.24, 2.45) is 0 Å². The molecule has 0 saturated carbocycles. The summed E-state index contributed by atoms with van der Waals surface area (Å²) in [7, 11) is -3.57. The topological polar surface area (TPSA) is 55.4 Å². The first kappa shape index (κ1) is 21.1. The van der Waals surface area contributed by atoms with Crippen molar-refractivity contribution in [2.75, 3.05) is 13.2 Å². The third-order valence-corrected chi connectivity index (χ3v) is 4.80. The molecule has 0 saturated heterocycles. The van der Waals surface area contributed by atoms with E-state index in [2.05, 4.69) is 16.6 Å². The molecular formula is C18H15ClF3NO3S. The first-order valence-corrected chi connectivity index (χ1v) is 9.66. The van der Waals surface area contributed by atoms with Gasteiger partial charge in [-0.2, -0.15) is 13.2 Å². The number of ether oxygens (including phenoxy) is 1. The van der Waals surface area contributed by atoms with Crippen LogP contribution in [0.5, 0.6) is 5.75 Å². The van der Waals surface area contributed by atoms with Crippen molar-refractivity contribution in [1.29, 1.82) is 0 Å². The largest absolute Gasteiger partial charge is 0.481 e. The smallest absolute Gasteiger partial charge is 0.416 e. The zero-order valence-corrected chi connectivity index (χ0v) is 15.5. The molecule has 2 rings (SSSR count). The van der Waals surface area contributed by atoms with Crippen LogP contribution in [0, 0.1) is 11.8 Å². The van der Waals surface area contributed by atoms with Gasteiger partial charge < -0.3 is 4.74 Å². The van der Waals surface area contributed by atoms with E-state index in [-0.39, 0.29) is 24.7 Å². The minimum Gasteiger partial charge on any atom is -0.481 e. The molecule has 2 aromatic rings. The predicted molar refractivity (Wildman–Crippen MR) is 96.8 cm³/mol.